The van der Waals surface area contributed by atoms with Crippen molar-refractivity contribution in [3.05, 3.63) is 52.0 Å². The maximum Gasteiger partial charge on any atom is 0.275 e. The third-order valence-corrected chi connectivity index (χ3v) is 3.66. The van der Waals surface area contributed by atoms with Gasteiger partial charge in [0.15, 0.2) is 0 Å². The van der Waals surface area contributed by atoms with Crippen LogP contribution < -0.4 is 11.3 Å². The summed E-state index contributed by atoms with van der Waals surface area (Å²) in [5.74, 6) is 4.94. The highest BCUT2D eigenvalue weighted by molar-refractivity contribution is 7.12. The van der Waals surface area contributed by atoms with Crippen molar-refractivity contribution in [1.29, 1.82) is 0 Å². The van der Waals surface area contributed by atoms with Gasteiger partial charge in [-0.1, -0.05) is 6.07 Å². The molecule has 3 N–H and O–H groups in total. The minimum Gasteiger partial charge on any atom is -0.298 e. The maximum absolute atomic E-state index is 11.6. The fraction of sp³-hybridized carbons (Fsp3) is 0.231. The molecule has 0 aliphatic rings. The summed E-state index contributed by atoms with van der Waals surface area (Å²) in [6.07, 6.45) is 3.60. The van der Waals surface area contributed by atoms with E-state index in [1.807, 2.05) is 36.8 Å². The predicted octanol–water partition coefficient (Wildman–Crippen LogP) is 1.38. The SMILES string of the molecule is CN(Cc1cccnc1)Cc1ccsc1C(=O)NN. The van der Waals surface area contributed by atoms with Crippen molar-refractivity contribution >= 4 is 17.2 Å². The summed E-state index contributed by atoms with van der Waals surface area (Å²) in [6.45, 7) is 1.48. The number of amides is 1. The standard InChI is InChI=1S/C13H16N4OS/c1-17(8-10-3-2-5-15-7-10)9-11-4-6-19-12(11)13(18)16-14/h2-7H,8-9,14H2,1H3,(H,16,18). The summed E-state index contributed by atoms with van der Waals surface area (Å²) in [4.78, 5) is 18.5. The average molecular weight is 276 g/mol. The van der Waals surface area contributed by atoms with Crippen LogP contribution in [0.1, 0.15) is 20.8 Å². The van der Waals surface area contributed by atoms with Gasteiger partial charge in [0.2, 0.25) is 0 Å². The number of thiophene rings is 1. The lowest BCUT2D eigenvalue weighted by atomic mass is 10.2. The minimum absolute atomic E-state index is 0.236. The number of carbonyl (C=O) groups excluding carboxylic acids is 1. The Labute approximate surface area is 116 Å². The Kier molecular flexibility index (Phi) is 4.62. The Morgan fingerprint density at radius 2 is 2.32 bits per heavy atom. The van der Waals surface area contributed by atoms with Gasteiger partial charge < -0.3 is 0 Å². The zero-order valence-electron chi connectivity index (χ0n) is 10.7. The van der Waals surface area contributed by atoms with Gasteiger partial charge in [-0.2, -0.15) is 0 Å². The van der Waals surface area contributed by atoms with Crippen LogP contribution >= 0.6 is 11.3 Å². The molecule has 0 aliphatic carbocycles. The third kappa shape index (κ3) is 3.60. The van der Waals surface area contributed by atoms with Crippen molar-refractivity contribution in [2.45, 2.75) is 13.1 Å². The number of hydrogen-bond donors (Lipinski definition) is 2. The highest BCUT2D eigenvalue weighted by Crippen LogP contribution is 2.18. The summed E-state index contributed by atoms with van der Waals surface area (Å²) in [5.41, 5.74) is 4.30. The van der Waals surface area contributed by atoms with E-state index >= 15 is 0 Å². The monoisotopic (exact) mass is 276 g/mol. The number of nitrogens with one attached hydrogen (secondary N) is 1. The molecule has 0 saturated carbocycles. The van der Waals surface area contributed by atoms with Crippen LogP contribution in [0.15, 0.2) is 36.0 Å². The van der Waals surface area contributed by atoms with E-state index in [1.165, 1.54) is 11.3 Å². The summed E-state index contributed by atoms with van der Waals surface area (Å²) >= 11 is 1.40. The molecular formula is C13H16N4OS. The molecular weight excluding hydrogens is 260 g/mol. The molecule has 0 unspecified atom stereocenters. The molecule has 2 rings (SSSR count). The van der Waals surface area contributed by atoms with E-state index in [2.05, 4.69) is 15.3 Å². The highest BCUT2D eigenvalue weighted by atomic mass is 32.1. The van der Waals surface area contributed by atoms with Gasteiger partial charge in [-0.15, -0.1) is 11.3 Å². The lowest BCUT2D eigenvalue weighted by molar-refractivity contribution is 0.0956. The van der Waals surface area contributed by atoms with E-state index in [0.29, 0.717) is 11.4 Å². The second-order valence-electron chi connectivity index (χ2n) is 4.28. The van der Waals surface area contributed by atoms with E-state index in [1.54, 1.807) is 6.20 Å². The molecule has 0 saturated heterocycles. The topological polar surface area (TPSA) is 71.2 Å². The molecule has 2 heterocycles. The largest absolute Gasteiger partial charge is 0.298 e. The Balaban J connectivity index is 2.01. The van der Waals surface area contributed by atoms with Crippen molar-refractivity contribution in [3.63, 3.8) is 0 Å². The van der Waals surface area contributed by atoms with E-state index in [0.717, 1.165) is 17.7 Å². The molecule has 5 nitrogen and oxygen atoms in total. The smallest absolute Gasteiger partial charge is 0.275 e. The molecule has 0 bridgehead atoms. The molecule has 0 atom stereocenters. The number of pyridine rings is 1. The fourth-order valence-corrected chi connectivity index (χ4v) is 2.69. The normalized spacial score (nSPS) is 10.7. The second kappa shape index (κ2) is 6.42. The fourth-order valence-electron chi connectivity index (χ4n) is 1.87. The van der Waals surface area contributed by atoms with Crippen molar-refractivity contribution in [1.82, 2.24) is 15.3 Å². The quantitative estimate of drug-likeness (QED) is 0.492. The Hall–Kier alpha value is -1.76. The first-order chi connectivity index (χ1) is 9.20. The van der Waals surface area contributed by atoms with E-state index in [-0.39, 0.29) is 5.91 Å². The van der Waals surface area contributed by atoms with Gasteiger partial charge >= 0.3 is 0 Å². The molecule has 0 aliphatic heterocycles. The molecule has 2 aromatic heterocycles. The van der Waals surface area contributed by atoms with Gasteiger partial charge in [0, 0.05) is 25.5 Å². The zero-order valence-corrected chi connectivity index (χ0v) is 11.5. The Morgan fingerprint density at radius 3 is 3.00 bits per heavy atom. The van der Waals surface area contributed by atoms with Crippen LogP contribution in [0, 0.1) is 0 Å². The highest BCUT2D eigenvalue weighted by Gasteiger charge is 2.13. The molecule has 2 aromatic rings. The van der Waals surface area contributed by atoms with Crippen LogP contribution in [0.25, 0.3) is 0 Å². The molecule has 0 spiro atoms. The van der Waals surface area contributed by atoms with Gasteiger partial charge in [-0.05, 0) is 35.7 Å². The maximum atomic E-state index is 11.6. The van der Waals surface area contributed by atoms with Crippen molar-refractivity contribution in [3.8, 4) is 0 Å². The molecule has 1 amide bonds. The second-order valence-corrected chi connectivity index (χ2v) is 5.20. The first-order valence-corrected chi connectivity index (χ1v) is 6.73. The van der Waals surface area contributed by atoms with E-state index < -0.39 is 0 Å². The zero-order chi connectivity index (χ0) is 13.7. The predicted molar refractivity (Wildman–Crippen MR) is 75.4 cm³/mol. The van der Waals surface area contributed by atoms with Crippen LogP contribution in [0.3, 0.4) is 0 Å². The summed E-state index contributed by atoms with van der Waals surface area (Å²) in [6, 6.07) is 5.90. The van der Waals surface area contributed by atoms with Gasteiger partial charge in [-0.3, -0.25) is 20.1 Å². The average Bonchev–Trinajstić information content (AvgIpc) is 2.87. The first kappa shape index (κ1) is 13.7. The van der Waals surface area contributed by atoms with E-state index in [9.17, 15) is 4.79 Å². The summed E-state index contributed by atoms with van der Waals surface area (Å²) in [7, 11) is 2.01. The summed E-state index contributed by atoms with van der Waals surface area (Å²) < 4.78 is 0. The molecule has 100 valence electrons. The number of rotatable bonds is 5. The van der Waals surface area contributed by atoms with Crippen LogP contribution in [-0.2, 0) is 13.1 Å². The molecule has 0 radical (unpaired) electrons. The van der Waals surface area contributed by atoms with Crippen molar-refractivity contribution in [2.75, 3.05) is 7.05 Å². The Morgan fingerprint density at radius 1 is 1.47 bits per heavy atom. The number of carbonyl (C=O) groups is 1. The molecule has 0 fully saturated rings. The number of hydrogen-bond acceptors (Lipinski definition) is 5. The van der Waals surface area contributed by atoms with Crippen LogP contribution in [0.2, 0.25) is 0 Å². The number of hydrazine groups is 1. The van der Waals surface area contributed by atoms with Gasteiger partial charge in [0.05, 0.1) is 4.88 Å². The molecule has 19 heavy (non-hydrogen) atoms. The lowest BCUT2D eigenvalue weighted by Crippen LogP contribution is -2.30. The van der Waals surface area contributed by atoms with Gasteiger partial charge in [0.25, 0.3) is 5.91 Å². The van der Waals surface area contributed by atoms with Crippen LogP contribution in [-0.4, -0.2) is 22.8 Å². The van der Waals surface area contributed by atoms with Gasteiger partial charge in [0.1, 0.15) is 0 Å². The Bertz CT molecular complexity index is 541. The number of nitrogen functional groups attached to an aromatic ring is 1. The first-order valence-electron chi connectivity index (χ1n) is 5.85. The number of nitrogens with two attached hydrogens (primary N) is 1. The lowest BCUT2D eigenvalue weighted by Gasteiger charge is -2.16. The molecule has 6 heteroatoms. The number of aromatic nitrogens is 1. The van der Waals surface area contributed by atoms with E-state index in [4.69, 9.17) is 5.84 Å². The van der Waals surface area contributed by atoms with Crippen LogP contribution in [0.4, 0.5) is 0 Å². The summed E-state index contributed by atoms with van der Waals surface area (Å²) in [5, 5.41) is 1.90. The van der Waals surface area contributed by atoms with Gasteiger partial charge in [-0.25, -0.2) is 5.84 Å². The van der Waals surface area contributed by atoms with Crippen LogP contribution in [0.5, 0.6) is 0 Å². The van der Waals surface area contributed by atoms with Crippen molar-refractivity contribution in [2.24, 2.45) is 5.84 Å². The van der Waals surface area contributed by atoms with Crippen molar-refractivity contribution < 1.29 is 4.79 Å². The number of nitrogens with zero attached hydrogens (tertiary/aromatic N) is 2. The molecule has 0 aromatic carbocycles. The minimum atomic E-state index is -0.236. The third-order valence-electron chi connectivity index (χ3n) is 2.70.